The van der Waals surface area contributed by atoms with E-state index in [9.17, 15) is 9.59 Å². The van der Waals surface area contributed by atoms with E-state index in [1.54, 1.807) is 0 Å². The third-order valence-electron chi connectivity index (χ3n) is 5.05. The van der Waals surface area contributed by atoms with Crippen molar-refractivity contribution in [2.75, 3.05) is 19.6 Å². The Labute approximate surface area is 226 Å². The van der Waals surface area contributed by atoms with Gasteiger partial charge in [-0.15, -0.1) is 0 Å². The van der Waals surface area contributed by atoms with Gasteiger partial charge in [0.2, 0.25) is 0 Å². The summed E-state index contributed by atoms with van der Waals surface area (Å²) in [6.45, 7) is 2.44. The molecule has 164 valence electrons. The molecule has 29 heavy (non-hydrogen) atoms. The topological polar surface area (TPSA) is 77.8 Å². The summed E-state index contributed by atoms with van der Waals surface area (Å²) in [6.07, 6.45) is 20.8. The van der Waals surface area contributed by atoms with Gasteiger partial charge in [-0.2, -0.15) is 0 Å². The molecule has 7 heteroatoms. The second-order valence-corrected chi connectivity index (χ2v) is 7.80. The van der Waals surface area contributed by atoms with Gasteiger partial charge in [-0.3, -0.25) is 14.5 Å². The minimum atomic E-state index is -0.965. The van der Waals surface area contributed by atoms with Crippen LogP contribution < -0.4 is 59.1 Å². The minimum Gasteiger partial charge on any atom is -1.00 e. The maximum absolute atomic E-state index is 10.7. The molecular formula is C22H45NNa2O4. The smallest absolute Gasteiger partial charge is 1.00 e. The van der Waals surface area contributed by atoms with Gasteiger partial charge in [0.05, 0.1) is 13.1 Å². The molecule has 0 heterocycles. The van der Waals surface area contributed by atoms with Crippen LogP contribution in [0.3, 0.4) is 0 Å². The van der Waals surface area contributed by atoms with E-state index < -0.39 is 11.9 Å². The predicted octanol–water partition coefficient (Wildman–Crippen LogP) is -0.0479. The largest absolute Gasteiger partial charge is 1.00 e. The summed E-state index contributed by atoms with van der Waals surface area (Å²) in [6, 6.07) is 0. The van der Waals surface area contributed by atoms with Crippen molar-refractivity contribution in [3.8, 4) is 0 Å². The normalized spacial score (nSPS) is 10.4. The Balaban J connectivity index is -0.000000563. The van der Waals surface area contributed by atoms with Crippen LogP contribution in [0, 0.1) is 0 Å². The van der Waals surface area contributed by atoms with Crippen molar-refractivity contribution in [2.45, 2.75) is 110 Å². The number of hydrogen-bond acceptors (Lipinski definition) is 3. The van der Waals surface area contributed by atoms with Crippen LogP contribution in [0.1, 0.15) is 113 Å². The maximum atomic E-state index is 10.7. The van der Waals surface area contributed by atoms with Crippen molar-refractivity contribution >= 4 is 11.9 Å². The van der Waals surface area contributed by atoms with E-state index in [4.69, 9.17) is 10.2 Å². The Morgan fingerprint density at radius 2 is 0.862 bits per heavy atom. The van der Waals surface area contributed by atoms with Crippen LogP contribution in [0.15, 0.2) is 0 Å². The van der Waals surface area contributed by atoms with Gasteiger partial charge in [0.1, 0.15) is 0 Å². The first kappa shape index (κ1) is 34.5. The molecule has 0 unspecified atom stereocenters. The van der Waals surface area contributed by atoms with Gasteiger partial charge in [0.15, 0.2) is 0 Å². The summed E-state index contributed by atoms with van der Waals surface area (Å²) in [5, 5.41) is 17.6. The van der Waals surface area contributed by atoms with Gasteiger partial charge < -0.3 is 13.1 Å². The van der Waals surface area contributed by atoms with E-state index in [2.05, 4.69) is 6.92 Å². The van der Waals surface area contributed by atoms with E-state index in [0.29, 0.717) is 6.54 Å². The SMILES string of the molecule is CCCCCCCCCCCCCCCCCCN(CC(=O)O)CC(=O)O.[H-].[H-].[Na+].[Na+]. The molecule has 0 aromatic rings. The fraction of sp³-hybridized carbons (Fsp3) is 0.909. The maximum Gasteiger partial charge on any atom is 1.00 e. The van der Waals surface area contributed by atoms with Gasteiger partial charge in [-0.1, -0.05) is 103 Å². The van der Waals surface area contributed by atoms with Gasteiger partial charge in [0, 0.05) is 0 Å². The van der Waals surface area contributed by atoms with E-state index >= 15 is 0 Å². The molecule has 0 aromatic carbocycles. The molecule has 0 amide bonds. The van der Waals surface area contributed by atoms with Crippen LogP contribution >= 0.6 is 0 Å². The fourth-order valence-electron chi connectivity index (χ4n) is 3.48. The van der Waals surface area contributed by atoms with E-state index in [-0.39, 0.29) is 75.1 Å². The molecule has 0 atom stereocenters. The summed E-state index contributed by atoms with van der Waals surface area (Å²) >= 11 is 0. The Kier molecular flexibility index (Phi) is 32.1. The zero-order valence-electron chi connectivity index (χ0n) is 21.6. The first-order chi connectivity index (χ1) is 13.1. The Morgan fingerprint density at radius 3 is 1.14 bits per heavy atom. The van der Waals surface area contributed by atoms with Crippen molar-refractivity contribution in [1.29, 1.82) is 0 Å². The monoisotopic (exact) mass is 433 g/mol. The molecule has 0 rings (SSSR count). The number of carboxylic acid groups (broad SMARTS) is 2. The molecule has 2 N–H and O–H groups in total. The molecule has 0 aliphatic heterocycles. The van der Waals surface area contributed by atoms with Gasteiger partial charge in [-0.25, -0.2) is 0 Å². The van der Waals surface area contributed by atoms with Crippen molar-refractivity contribution < 1.29 is 81.8 Å². The number of carbonyl (C=O) groups is 2. The Hall–Kier alpha value is 0.900. The summed E-state index contributed by atoms with van der Waals surface area (Å²) < 4.78 is 0. The zero-order chi connectivity index (χ0) is 20.2. The molecule has 0 fully saturated rings. The molecule has 0 spiro atoms. The van der Waals surface area contributed by atoms with Crippen LogP contribution in [-0.2, 0) is 9.59 Å². The van der Waals surface area contributed by atoms with E-state index in [1.165, 1.54) is 88.4 Å². The Morgan fingerprint density at radius 1 is 0.586 bits per heavy atom. The summed E-state index contributed by atoms with van der Waals surface area (Å²) in [4.78, 5) is 23.0. The molecule has 0 bridgehead atoms. The first-order valence-corrected chi connectivity index (χ1v) is 11.2. The summed E-state index contributed by atoms with van der Waals surface area (Å²) in [7, 11) is 0. The number of hydrogen-bond donors (Lipinski definition) is 2. The molecule has 0 saturated heterocycles. The number of nitrogens with zero attached hydrogens (tertiary/aromatic N) is 1. The van der Waals surface area contributed by atoms with Crippen LogP contribution in [0.4, 0.5) is 0 Å². The van der Waals surface area contributed by atoms with Crippen molar-refractivity contribution in [2.24, 2.45) is 0 Å². The van der Waals surface area contributed by atoms with Crippen molar-refractivity contribution in [3.63, 3.8) is 0 Å². The van der Waals surface area contributed by atoms with Crippen LogP contribution in [0.5, 0.6) is 0 Å². The van der Waals surface area contributed by atoms with Gasteiger partial charge in [-0.05, 0) is 13.0 Å². The average Bonchev–Trinajstić information content (AvgIpc) is 2.60. The molecule has 0 saturated carbocycles. The Bertz CT molecular complexity index is 365. The number of aliphatic carboxylic acids is 2. The quantitative estimate of drug-likeness (QED) is 0.196. The van der Waals surface area contributed by atoms with Crippen LogP contribution in [0.2, 0.25) is 0 Å². The zero-order valence-corrected chi connectivity index (χ0v) is 23.6. The molecule has 0 aliphatic rings. The van der Waals surface area contributed by atoms with Crippen LogP contribution in [0.25, 0.3) is 0 Å². The third-order valence-corrected chi connectivity index (χ3v) is 5.05. The van der Waals surface area contributed by atoms with Gasteiger partial charge in [0.25, 0.3) is 0 Å². The van der Waals surface area contributed by atoms with Crippen molar-refractivity contribution in [3.05, 3.63) is 0 Å². The standard InChI is InChI=1S/C22H43NO4.2Na.2H/c1-2-3-4-5-6-7-8-9-10-11-12-13-14-15-16-17-18-23(19-21(24)25)20-22(26)27;;;;/h2-20H2,1H3,(H,24,25)(H,26,27);;;;/q;2*+1;2*-1. The van der Waals surface area contributed by atoms with Crippen LogP contribution in [-0.4, -0.2) is 46.7 Å². The molecular weight excluding hydrogens is 388 g/mol. The number of unbranched alkanes of at least 4 members (excludes halogenated alkanes) is 15. The van der Waals surface area contributed by atoms with Gasteiger partial charge >= 0.3 is 71.1 Å². The predicted molar refractivity (Wildman–Crippen MR) is 113 cm³/mol. The average molecular weight is 434 g/mol. The molecule has 0 aliphatic carbocycles. The molecule has 5 nitrogen and oxygen atoms in total. The van der Waals surface area contributed by atoms with E-state index in [0.717, 1.165) is 19.3 Å². The van der Waals surface area contributed by atoms with E-state index in [1.807, 2.05) is 0 Å². The minimum absolute atomic E-state index is 0. The third kappa shape index (κ3) is 28.9. The van der Waals surface area contributed by atoms with Crippen molar-refractivity contribution in [1.82, 2.24) is 4.90 Å². The molecule has 0 aromatic heterocycles. The second kappa shape index (κ2) is 26.9. The number of rotatable bonds is 21. The number of carboxylic acids is 2. The fourth-order valence-corrected chi connectivity index (χ4v) is 3.48. The second-order valence-electron chi connectivity index (χ2n) is 7.80. The molecule has 0 radical (unpaired) electrons. The first-order valence-electron chi connectivity index (χ1n) is 11.2. The summed E-state index contributed by atoms with van der Waals surface area (Å²) in [5.74, 6) is -1.93. The summed E-state index contributed by atoms with van der Waals surface area (Å²) in [5.41, 5.74) is 0.